The summed E-state index contributed by atoms with van der Waals surface area (Å²) in [7, 11) is 0. The van der Waals surface area contributed by atoms with Gasteiger partial charge in [-0.15, -0.1) is 0 Å². The number of carbonyl (C=O) groups is 2. The molecule has 2 aromatic carbocycles. The summed E-state index contributed by atoms with van der Waals surface area (Å²) in [5.74, 6) is -0.294. The maximum atomic E-state index is 13.2. The van der Waals surface area contributed by atoms with Crippen LogP contribution < -0.4 is 5.32 Å². The Morgan fingerprint density at radius 3 is 2.16 bits per heavy atom. The molecule has 0 spiro atoms. The van der Waals surface area contributed by atoms with Crippen molar-refractivity contribution in [3.8, 4) is 0 Å². The smallest absolute Gasteiger partial charge is 0.242 e. The maximum absolute atomic E-state index is 13.2. The second kappa shape index (κ2) is 11.7. The number of nitrogens with one attached hydrogen (secondary N) is 1. The van der Waals surface area contributed by atoms with Crippen molar-refractivity contribution in [1.82, 2.24) is 10.2 Å². The van der Waals surface area contributed by atoms with Gasteiger partial charge in [0.05, 0.1) is 0 Å². The summed E-state index contributed by atoms with van der Waals surface area (Å²) in [6, 6.07) is 13.0. The number of hydrogen-bond donors (Lipinski definition) is 1. The third kappa shape index (κ3) is 7.25. The van der Waals surface area contributed by atoms with Crippen LogP contribution in [0.4, 0.5) is 0 Å². The van der Waals surface area contributed by atoms with Gasteiger partial charge in [-0.2, -0.15) is 0 Å². The van der Waals surface area contributed by atoms with E-state index in [-0.39, 0.29) is 23.8 Å². The molecule has 0 aromatic heterocycles. The van der Waals surface area contributed by atoms with Crippen molar-refractivity contribution in [2.75, 3.05) is 6.54 Å². The molecular weight excluding hydrogens is 443 g/mol. The van der Waals surface area contributed by atoms with Gasteiger partial charge >= 0.3 is 0 Å². The van der Waals surface area contributed by atoms with Crippen molar-refractivity contribution in [2.45, 2.75) is 71.9 Å². The number of rotatable bonds is 9. The van der Waals surface area contributed by atoms with E-state index in [1.54, 1.807) is 30.0 Å². The van der Waals surface area contributed by atoms with E-state index in [0.717, 1.165) is 12.0 Å². The molecule has 2 amide bonds. The van der Waals surface area contributed by atoms with Gasteiger partial charge in [-0.3, -0.25) is 9.59 Å². The van der Waals surface area contributed by atoms with Crippen LogP contribution >= 0.6 is 23.2 Å². The normalized spacial score (nSPS) is 12.3. The lowest BCUT2D eigenvalue weighted by atomic mass is 9.86. The monoisotopic (exact) mass is 476 g/mol. The Morgan fingerprint density at radius 1 is 1.03 bits per heavy atom. The second-order valence-electron chi connectivity index (χ2n) is 9.14. The lowest BCUT2D eigenvalue weighted by Crippen LogP contribution is -2.47. The average Bonchev–Trinajstić information content (AvgIpc) is 2.75. The molecule has 0 saturated heterocycles. The highest BCUT2D eigenvalue weighted by Crippen LogP contribution is 2.27. The molecule has 0 radical (unpaired) electrons. The van der Waals surface area contributed by atoms with Gasteiger partial charge in [-0.1, -0.05) is 81.2 Å². The van der Waals surface area contributed by atoms with Gasteiger partial charge in [0.1, 0.15) is 6.04 Å². The highest BCUT2D eigenvalue weighted by Gasteiger charge is 2.27. The van der Waals surface area contributed by atoms with E-state index < -0.39 is 6.04 Å². The number of aryl methyl sites for hydroxylation is 1. The van der Waals surface area contributed by atoms with E-state index in [0.29, 0.717) is 35.0 Å². The Labute approximate surface area is 202 Å². The molecule has 4 nitrogen and oxygen atoms in total. The van der Waals surface area contributed by atoms with Gasteiger partial charge in [0.25, 0.3) is 0 Å². The van der Waals surface area contributed by atoms with Crippen LogP contribution in [0.5, 0.6) is 0 Å². The van der Waals surface area contributed by atoms with Gasteiger partial charge in [0.15, 0.2) is 0 Å². The standard InChI is InChI=1S/C26H34Cl2N2O2/c1-6-16-29-25(32)18(2)30(17-21-22(27)8-7-9-23(21)28)24(31)15-12-19-10-13-20(14-11-19)26(3,4)5/h7-11,13-14,18H,6,12,15-17H2,1-5H3,(H,29,32)/t18-/m1/s1. The van der Waals surface area contributed by atoms with Crippen molar-refractivity contribution in [3.05, 3.63) is 69.2 Å². The highest BCUT2D eigenvalue weighted by atomic mass is 35.5. The summed E-state index contributed by atoms with van der Waals surface area (Å²) in [6.45, 7) is 11.0. The summed E-state index contributed by atoms with van der Waals surface area (Å²) >= 11 is 12.7. The number of halogens is 2. The molecule has 6 heteroatoms. The Morgan fingerprint density at radius 2 is 1.62 bits per heavy atom. The van der Waals surface area contributed by atoms with Crippen LogP contribution in [0.2, 0.25) is 10.0 Å². The second-order valence-corrected chi connectivity index (χ2v) is 9.95. The molecule has 1 atom stereocenters. The van der Waals surface area contributed by atoms with Crippen molar-refractivity contribution >= 4 is 35.0 Å². The van der Waals surface area contributed by atoms with E-state index in [1.165, 1.54) is 5.56 Å². The van der Waals surface area contributed by atoms with Crippen LogP contribution in [-0.4, -0.2) is 29.3 Å². The molecule has 0 bridgehead atoms. The molecule has 2 rings (SSSR count). The zero-order valence-corrected chi connectivity index (χ0v) is 21.2. The van der Waals surface area contributed by atoms with E-state index in [2.05, 4.69) is 50.4 Å². The van der Waals surface area contributed by atoms with Crippen LogP contribution in [0.15, 0.2) is 42.5 Å². The predicted octanol–water partition coefficient (Wildman–Crippen LogP) is 6.17. The van der Waals surface area contributed by atoms with Crippen LogP contribution in [-0.2, 0) is 28.0 Å². The van der Waals surface area contributed by atoms with Crippen LogP contribution in [0.25, 0.3) is 0 Å². The molecule has 1 N–H and O–H groups in total. The zero-order valence-electron chi connectivity index (χ0n) is 19.7. The van der Waals surface area contributed by atoms with Crippen molar-refractivity contribution in [3.63, 3.8) is 0 Å². The van der Waals surface area contributed by atoms with Crippen LogP contribution in [0, 0.1) is 0 Å². The van der Waals surface area contributed by atoms with Crippen molar-refractivity contribution in [1.29, 1.82) is 0 Å². The first-order valence-electron chi connectivity index (χ1n) is 11.1. The molecule has 0 fully saturated rings. The molecule has 0 heterocycles. The average molecular weight is 477 g/mol. The van der Waals surface area contributed by atoms with E-state index in [9.17, 15) is 9.59 Å². The Bertz CT molecular complexity index is 900. The first-order chi connectivity index (χ1) is 15.0. The van der Waals surface area contributed by atoms with Gasteiger partial charge < -0.3 is 10.2 Å². The topological polar surface area (TPSA) is 49.4 Å². The fraction of sp³-hybridized carbons (Fsp3) is 0.462. The quantitative estimate of drug-likeness (QED) is 0.470. The molecule has 0 aliphatic rings. The first kappa shape index (κ1) is 26.2. The van der Waals surface area contributed by atoms with E-state index >= 15 is 0 Å². The van der Waals surface area contributed by atoms with E-state index in [4.69, 9.17) is 23.2 Å². The van der Waals surface area contributed by atoms with Crippen molar-refractivity contribution < 1.29 is 9.59 Å². The molecule has 174 valence electrons. The van der Waals surface area contributed by atoms with E-state index in [1.807, 2.05) is 6.92 Å². The van der Waals surface area contributed by atoms with Gasteiger partial charge in [0, 0.05) is 35.1 Å². The molecule has 0 aliphatic carbocycles. The zero-order chi connectivity index (χ0) is 23.9. The Balaban J connectivity index is 2.18. The lowest BCUT2D eigenvalue weighted by molar-refractivity contribution is -0.140. The molecule has 32 heavy (non-hydrogen) atoms. The lowest BCUT2D eigenvalue weighted by Gasteiger charge is -2.29. The Kier molecular flexibility index (Phi) is 9.60. The summed E-state index contributed by atoms with van der Waals surface area (Å²) in [5.41, 5.74) is 3.07. The third-order valence-electron chi connectivity index (χ3n) is 5.55. The first-order valence-corrected chi connectivity index (χ1v) is 11.9. The van der Waals surface area contributed by atoms with Crippen LogP contribution in [0.3, 0.4) is 0 Å². The molecule has 0 unspecified atom stereocenters. The number of hydrogen-bond acceptors (Lipinski definition) is 2. The van der Waals surface area contributed by atoms with Crippen molar-refractivity contribution in [2.24, 2.45) is 0 Å². The minimum atomic E-state index is -0.635. The summed E-state index contributed by atoms with van der Waals surface area (Å²) in [4.78, 5) is 27.5. The fourth-order valence-electron chi connectivity index (χ4n) is 3.40. The summed E-state index contributed by atoms with van der Waals surface area (Å²) < 4.78 is 0. The summed E-state index contributed by atoms with van der Waals surface area (Å²) in [5, 5.41) is 3.84. The molecule has 0 aliphatic heterocycles. The number of carbonyl (C=O) groups excluding carboxylic acids is 2. The number of amides is 2. The highest BCUT2D eigenvalue weighted by molar-refractivity contribution is 6.36. The van der Waals surface area contributed by atoms with Gasteiger partial charge in [0.2, 0.25) is 11.8 Å². The summed E-state index contributed by atoms with van der Waals surface area (Å²) in [6.07, 6.45) is 1.72. The van der Waals surface area contributed by atoms with Gasteiger partial charge in [-0.25, -0.2) is 0 Å². The molecule has 2 aromatic rings. The fourth-order valence-corrected chi connectivity index (χ4v) is 3.92. The minimum absolute atomic E-state index is 0.0840. The predicted molar refractivity (Wildman–Crippen MR) is 133 cm³/mol. The molecule has 0 saturated carbocycles. The number of nitrogens with zero attached hydrogens (tertiary/aromatic N) is 1. The minimum Gasteiger partial charge on any atom is -0.354 e. The molecular formula is C26H34Cl2N2O2. The third-order valence-corrected chi connectivity index (χ3v) is 6.26. The SMILES string of the molecule is CCCNC(=O)[C@@H](C)N(Cc1c(Cl)cccc1Cl)C(=O)CCc1ccc(C(C)(C)C)cc1. The Hall–Kier alpha value is -2.04. The number of benzene rings is 2. The largest absolute Gasteiger partial charge is 0.354 e. The van der Waals surface area contributed by atoms with Gasteiger partial charge in [-0.05, 0) is 48.4 Å². The van der Waals surface area contributed by atoms with Crippen LogP contribution in [0.1, 0.15) is 64.2 Å². The maximum Gasteiger partial charge on any atom is 0.242 e.